The molecule has 0 aromatic carbocycles. The second-order valence-electron chi connectivity index (χ2n) is 2.46. The van der Waals surface area contributed by atoms with Crippen LogP contribution in [0.25, 0.3) is 0 Å². The molecule has 1 aromatic heterocycles. The number of hydrogen-bond donors (Lipinski definition) is 2. The van der Waals surface area contributed by atoms with Crippen LogP contribution in [-0.4, -0.2) is 10.9 Å². The van der Waals surface area contributed by atoms with Crippen LogP contribution >= 0.6 is 15.9 Å². The van der Waals surface area contributed by atoms with Gasteiger partial charge in [-0.05, 0) is 22.0 Å². The lowest BCUT2D eigenvalue weighted by Gasteiger charge is -2.06. The van der Waals surface area contributed by atoms with Gasteiger partial charge in [0.05, 0.1) is 10.2 Å². The van der Waals surface area contributed by atoms with Crippen LogP contribution in [0.4, 0.5) is 14.5 Å². The highest BCUT2D eigenvalue weighted by atomic mass is 79.9. The summed E-state index contributed by atoms with van der Waals surface area (Å²) >= 11 is 2.94. The molecule has 0 spiro atoms. The van der Waals surface area contributed by atoms with Crippen molar-refractivity contribution in [3.63, 3.8) is 0 Å². The molecule has 0 unspecified atom stereocenters. The summed E-state index contributed by atoms with van der Waals surface area (Å²) in [4.78, 5) is 14.1. The summed E-state index contributed by atoms with van der Waals surface area (Å²) in [5, 5.41) is 0. The fourth-order valence-electron chi connectivity index (χ4n) is 0.865. The third-order valence-corrected chi connectivity index (χ3v) is 2.08. The van der Waals surface area contributed by atoms with Gasteiger partial charge >= 0.3 is 0 Å². The van der Waals surface area contributed by atoms with E-state index in [1.807, 2.05) is 0 Å². The largest absolute Gasteiger partial charge is 0.397 e. The second kappa shape index (κ2) is 3.87. The van der Waals surface area contributed by atoms with Crippen molar-refractivity contribution in [2.75, 3.05) is 5.73 Å². The first-order valence-electron chi connectivity index (χ1n) is 3.47. The van der Waals surface area contributed by atoms with Crippen molar-refractivity contribution >= 4 is 27.5 Å². The number of amides is 1. The number of carbonyl (C=O) groups excluding carboxylic acids is 1. The highest BCUT2D eigenvalue weighted by Crippen LogP contribution is 2.27. The van der Waals surface area contributed by atoms with Crippen LogP contribution < -0.4 is 11.5 Å². The lowest BCUT2D eigenvalue weighted by Crippen LogP contribution is -2.16. The molecular formula is C7H6BrF2N3O. The van der Waals surface area contributed by atoms with Crippen molar-refractivity contribution in [3.05, 3.63) is 21.9 Å². The van der Waals surface area contributed by atoms with Gasteiger partial charge in [0, 0.05) is 0 Å². The maximum Gasteiger partial charge on any atom is 0.282 e. The van der Waals surface area contributed by atoms with Gasteiger partial charge in [-0.15, -0.1) is 0 Å². The number of carbonyl (C=O) groups is 1. The topological polar surface area (TPSA) is 82.0 Å². The Bertz CT molecular complexity index is 383. The van der Waals surface area contributed by atoms with E-state index in [9.17, 15) is 13.6 Å². The molecule has 0 saturated heterocycles. The molecule has 14 heavy (non-hydrogen) atoms. The molecule has 4 N–H and O–H groups in total. The maximum atomic E-state index is 12.3. The number of hydrogen-bond acceptors (Lipinski definition) is 3. The number of anilines is 1. The highest BCUT2D eigenvalue weighted by Gasteiger charge is 2.18. The van der Waals surface area contributed by atoms with E-state index in [4.69, 9.17) is 11.5 Å². The van der Waals surface area contributed by atoms with E-state index < -0.39 is 18.0 Å². The Hall–Kier alpha value is -1.24. The minimum atomic E-state index is -2.83. The molecular weight excluding hydrogens is 260 g/mol. The summed E-state index contributed by atoms with van der Waals surface area (Å²) in [5.74, 6) is -0.890. The third kappa shape index (κ3) is 1.98. The Balaban J connectivity index is 3.34. The molecule has 0 atom stereocenters. The van der Waals surface area contributed by atoms with Crippen LogP contribution in [-0.2, 0) is 0 Å². The molecule has 0 radical (unpaired) electrons. The first kappa shape index (κ1) is 10.8. The first-order valence-corrected chi connectivity index (χ1v) is 4.26. The Morgan fingerprint density at radius 2 is 2.14 bits per heavy atom. The molecule has 0 bridgehead atoms. The van der Waals surface area contributed by atoms with Gasteiger partial charge in [0.2, 0.25) is 0 Å². The molecule has 0 aliphatic carbocycles. The molecule has 4 nitrogen and oxygen atoms in total. The fourth-order valence-corrected chi connectivity index (χ4v) is 1.40. The van der Waals surface area contributed by atoms with Crippen LogP contribution in [0.15, 0.2) is 10.5 Å². The SMILES string of the molecule is NC(=O)c1nc(C(F)F)c(N)cc1Br. The number of aromatic nitrogens is 1. The van der Waals surface area contributed by atoms with Crippen LogP contribution in [0.2, 0.25) is 0 Å². The molecule has 1 aromatic rings. The van der Waals surface area contributed by atoms with Gasteiger partial charge in [0.15, 0.2) is 0 Å². The predicted molar refractivity (Wildman–Crippen MR) is 49.8 cm³/mol. The Kier molecular flexibility index (Phi) is 3.00. The molecule has 0 saturated carbocycles. The van der Waals surface area contributed by atoms with Crippen molar-refractivity contribution in [2.24, 2.45) is 5.73 Å². The summed E-state index contributed by atoms with van der Waals surface area (Å²) in [6.45, 7) is 0. The van der Waals surface area contributed by atoms with Crippen molar-refractivity contribution < 1.29 is 13.6 Å². The van der Waals surface area contributed by atoms with E-state index in [1.165, 1.54) is 6.07 Å². The Morgan fingerprint density at radius 1 is 1.57 bits per heavy atom. The van der Waals surface area contributed by atoms with Crippen molar-refractivity contribution in [2.45, 2.75) is 6.43 Å². The average molecular weight is 266 g/mol. The number of nitrogens with two attached hydrogens (primary N) is 2. The summed E-state index contributed by atoms with van der Waals surface area (Å²) in [6, 6.07) is 1.18. The number of primary amides is 1. The summed E-state index contributed by atoms with van der Waals surface area (Å²) < 4.78 is 24.8. The van der Waals surface area contributed by atoms with E-state index in [0.29, 0.717) is 0 Å². The highest BCUT2D eigenvalue weighted by molar-refractivity contribution is 9.10. The van der Waals surface area contributed by atoms with Gasteiger partial charge in [-0.2, -0.15) is 0 Å². The molecule has 1 amide bonds. The molecule has 1 heterocycles. The normalized spacial score (nSPS) is 10.6. The van der Waals surface area contributed by atoms with Gasteiger partial charge in [-0.1, -0.05) is 0 Å². The lowest BCUT2D eigenvalue weighted by molar-refractivity contribution is 0.0992. The van der Waals surface area contributed by atoms with Crippen LogP contribution in [0.3, 0.4) is 0 Å². The standard InChI is InChI=1S/C7H6BrF2N3O/c8-2-1-3(11)5(6(9)10)13-4(2)7(12)14/h1,6H,11H2,(H2,12,14). The zero-order valence-electron chi connectivity index (χ0n) is 6.80. The fraction of sp³-hybridized carbons (Fsp3) is 0.143. The minimum absolute atomic E-state index is 0.183. The third-order valence-electron chi connectivity index (χ3n) is 1.48. The summed E-state index contributed by atoms with van der Waals surface area (Å²) in [7, 11) is 0. The monoisotopic (exact) mass is 265 g/mol. The van der Waals surface area contributed by atoms with Crippen molar-refractivity contribution in [1.82, 2.24) is 4.98 Å². The van der Waals surface area contributed by atoms with Crippen LogP contribution in [0.5, 0.6) is 0 Å². The number of rotatable bonds is 2. The minimum Gasteiger partial charge on any atom is -0.397 e. The molecule has 0 fully saturated rings. The number of halogens is 3. The van der Waals surface area contributed by atoms with E-state index in [2.05, 4.69) is 20.9 Å². The second-order valence-corrected chi connectivity index (χ2v) is 3.31. The molecule has 7 heteroatoms. The zero-order chi connectivity index (χ0) is 10.9. The van der Waals surface area contributed by atoms with E-state index >= 15 is 0 Å². The number of nitrogen functional groups attached to an aromatic ring is 1. The van der Waals surface area contributed by atoms with Crippen LogP contribution in [0.1, 0.15) is 22.6 Å². The summed E-state index contributed by atoms with van der Waals surface area (Å²) in [6.07, 6.45) is -2.83. The zero-order valence-corrected chi connectivity index (χ0v) is 8.38. The van der Waals surface area contributed by atoms with Crippen molar-refractivity contribution in [3.8, 4) is 0 Å². The average Bonchev–Trinajstić information content (AvgIpc) is 2.02. The van der Waals surface area contributed by atoms with Crippen LogP contribution in [0, 0.1) is 0 Å². The van der Waals surface area contributed by atoms with Gasteiger partial charge < -0.3 is 11.5 Å². The van der Waals surface area contributed by atoms with Gasteiger partial charge in [0.1, 0.15) is 11.4 Å². The van der Waals surface area contributed by atoms with E-state index in [0.717, 1.165) is 0 Å². The van der Waals surface area contributed by atoms with E-state index in [-0.39, 0.29) is 15.9 Å². The molecule has 0 aliphatic heterocycles. The number of nitrogens with zero attached hydrogens (tertiary/aromatic N) is 1. The smallest absolute Gasteiger partial charge is 0.282 e. The molecule has 1 rings (SSSR count). The first-order chi connectivity index (χ1) is 6.43. The Morgan fingerprint density at radius 3 is 2.57 bits per heavy atom. The molecule has 0 aliphatic rings. The van der Waals surface area contributed by atoms with Gasteiger partial charge in [-0.25, -0.2) is 13.8 Å². The lowest BCUT2D eigenvalue weighted by atomic mass is 10.2. The Labute approximate surface area is 86.4 Å². The predicted octanol–water partition coefficient (Wildman–Crippen LogP) is 1.46. The molecule has 76 valence electrons. The van der Waals surface area contributed by atoms with Crippen molar-refractivity contribution in [1.29, 1.82) is 0 Å². The van der Waals surface area contributed by atoms with Gasteiger partial charge in [0.25, 0.3) is 12.3 Å². The number of pyridine rings is 1. The van der Waals surface area contributed by atoms with E-state index in [1.54, 1.807) is 0 Å². The number of alkyl halides is 2. The quantitative estimate of drug-likeness (QED) is 0.850. The van der Waals surface area contributed by atoms with Gasteiger partial charge in [-0.3, -0.25) is 4.79 Å². The maximum absolute atomic E-state index is 12.3. The summed E-state index contributed by atoms with van der Waals surface area (Å²) in [5.41, 5.74) is 9.11.